The largest absolute Gasteiger partial charge is 0.272 e. The first kappa shape index (κ1) is 17.3. The molecule has 0 aliphatic carbocycles. The highest BCUT2D eigenvalue weighted by molar-refractivity contribution is 7.89. The molecule has 1 aliphatic heterocycles. The van der Waals surface area contributed by atoms with E-state index in [-0.39, 0.29) is 12.3 Å². The van der Waals surface area contributed by atoms with E-state index in [1.54, 1.807) is 0 Å². The molecule has 0 aromatic heterocycles. The first-order valence-corrected chi connectivity index (χ1v) is 9.62. The third-order valence-electron chi connectivity index (χ3n) is 3.91. The summed E-state index contributed by atoms with van der Waals surface area (Å²) >= 11 is 0. The normalized spacial score (nSPS) is 16.3. The molecule has 130 valence electrons. The first-order valence-electron chi connectivity index (χ1n) is 8.01. The summed E-state index contributed by atoms with van der Waals surface area (Å²) in [7, 11) is -3.30. The standard InChI is InChI=1S/C18H19N3O3S/c22-17(14-21-12-7-13-25(21,23)24)19-20-18(15-8-3-1-4-9-15)16-10-5-2-6-11-16/h1-6,8-11H,7,12-14H2,(H,19,22). The first-order chi connectivity index (χ1) is 12.1. The molecule has 0 radical (unpaired) electrons. The minimum atomic E-state index is -3.30. The number of hydrogen-bond acceptors (Lipinski definition) is 4. The Labute approximate surface area is 147 Å². The summed E-state index contributed by atoms with van der Waals surface area (Å²) in [5.41, 5.74) is 4.84. The fraction of sp³-hybridized carbons (Fsp3) is 0.222. The van der Waals surface area contributed by atoms with E-state index in [1.807, 2.05) is 60.7 Å². The second-order valence-corrected chi connectivity index (χ2v) is 7.82. The number of nitrogens with one attached hydrogen (secondary N) is 1. The van der Waals surface area contributed by atoms with Gasteiger partial charge in [0.15, 0.2) is 0 Å². The molecule has 0 spiro atoms. The second kappa shape index (κ2) is 7.58. The molecule has 25 heavy (non-hydrogen) atoms. The van der Waals surface area contributed by atoms with Crippen molar-refractivity contribution in [3.05, 3.63) is 71.8 Å². The van der Waals surface area contributed by atoms with Crippen LogP contribution >= 0.6 is 0 Å². The van der Waals surface area contributed by atoms with Gasteiger partial charge in [-0.15, -0.1) is 0 Å². The van der Waals surface area contributed by atoms with Crippen molar-refractivity contribution in [1.29, 1.82) is 0 Å². The zero-order chi connectivity index (χ0) is 17.7. The Morgan fingerprint density at radius 1 is 1.00 bits per heavy atom. The van der Waals surface area contributed by atoms with Crippen LogP contribution in [0.3, 0.4) is 0 Å². The van der Waals surface area contributed by atoms with E-state index in [4.69, 9.17) is 0 Å². The number of hydrogen-bond donors (Lipinski definition) is 1. The van der Waals surface area contributed by atoms with Gasteiger partial charge >= 0.3 is 0 Å². The highest BCUT2D eigenvalue weighted by atomic mass is 32.2. The van der Waals surface area contributed by atoms with Crippen molar-refractivity contribution >= 4 is 21.6 Å². The molecule has 7 heteroatoms. The molecule has 0 unspecified atom stereocenters. The lowest BCUT2D eigenvalue weighted by atomic mass is 10.0. The molecule has 3 rings (SSSR count). The van der Waals surface area contributed by atoms with Gasteiger partial charge in [-0.2, -0.15) is 9.41 Å². The topological polar surface area (TPSA) is 78.8 Å². The van der Waals surface area contributed by atoms with Crippen LogP contribution in [0.25, 0.3) is 0 Å². The van der Waals surface area contributed by atoms with Gasteiger partial charge in [0.1, 0.15) is 0 Å². The number of hydrazone groups is 1. The van der Waals surface area contributed by atoms with Gasteiger partial charge in [0.05, 0.1) is 18.0 Å². The second-order valence-electron chi connectivity index (χ2n) is 5.73. The molecular weight excluding hydrogens is 338 g/mol. The van der Waals surface area contributed by atoms with Crippen LogP contribution in [0.4, 0.5) is 0 Å². The van der Waals surface area contributed by atoms with Crippen molar-refractivity contribution in [3.63, 3.8) is 0 Å². The van der Waals surface area contributed by atoms with Gasteiger partial charge < -0.3 is 0 Å². The van der Waals surface area contributed by atoms with E-state index in [2.05, 4.69) is 10.5 Å². The maximum Gasteiger partial charge on any atom is 0.255 e. The zero-order valence-electron chi connectivity index (χ0n) is 13.6. The quantitative estimate of drug-likeness (QED) is 0.652. The predicted octanol–water partition coefficient (Wildman–Crippen LogP) is 1.59. The molecule has 0 bridgehead atoms. The molecule has 2 aromatic rings. The van der Waals surface area contributed by atoms with Crippen LogP contribution in [0, 0.1) is 0 Å². The maximum atomic E-state index is 12.1. The minimum Gasteiger partial charge on any atom is -0.272 e. The maximum absolute atomic E-state index is 12.1. The number of nitrogens with zero attached hydrogens (tertiary/aromatic N) is 2. The third-order valence-corrected chi connectivity index (χ3v) is 5.81. The van der Waals surface area contributed by atoms with Gasteiger partial charge in [-0.25, -0.2) is 13.8 Å². The lowest BCUT2D eigenvalue weighted by Gasteiger charge is -2.13. The Hall–Kier alpha value is -2.51. The average Bonchev–Trinajstić information content (AvgIpc) is 2.95. The zero-order valence-corrected chi connectivity index (χ0v) is 14.4. The van der Waals surface area contributed by atoms with E-state index >= 15 is 0 Å². The molecule has 1 heterocycles. The van der Waals surface area contributed by atoms with Crippen molar-refractivity contribution < 1.29 is 13.2 Å². The summed E-state index contributed by atoms with van der Waals surface area (Å²) in [6.45, 7) is 0.173. The summed E-state index contributed by atoms with van der Waals surface area (Å²) in [6.07, 6.45) is 0.554. The van der Waals surface area contributed by atoms with E-state index in [9.17, 15) is 13.2 Å². The number of carbonyl (C=O) groups excluding carboxylic acids is 1. The molecule has 0 atom stereocenters. The molecule has 1 fully saturated rings. The van der Waals surface area contributed by atoms with Gasteiger partial charge in [0.2, 0.25) is 10.0 Å². The number of benzene rings is 2. The van der Waals surface area contributed by atoms with Crippen LogP contribution in [-0.2, 0) is 14.8 Å². The van der Waals surface area contributed by atoms with E-state index in [1.165, 1.54) is 4.31 Å². The van der Waals surface area contributed by atoms with Gasteiger partial charge in [0.25, 0.3) is 5.91 Å². The lowest BCUT2D eigenvalue weighted by molar-refractivity contribution is -0.121. The van der Waals surface area contributed by atoms with Crippen molar-refractivity contribution in [2.24, 2.45) is 5.10 Å². The van der Waals surface area contributed by atoms with Crippen LogP contribution < -0.4 is 5.43 Å². The fourth-order valence-electron chi connectivity index (χ4n) is 2.67. The summed E-state index contributed by atoms with van der Waals surface area (Å²) in [5.74, 6) is -0.349. The van der Waals surface area contributed by atoms with Crippen molar-refractivity contribution in [2.45, 2.75) is 6.42 Å². The van der Waals surface area contributed by atoms with Gasteiger partial charge in [0, 0.05) is 17.7 Å². The average molecular weight is 357 g/mol. The van der Waals surface area contributed by atoms with Crippen LogP contribution in [0.15, 0.2) is 65.8 Å². The summed E-state index contributed by atoms with van der Waals surface area (Å²) in [4.78, 5) is 12.1. The van der Waals surface area contributed by atoms with E-state index < -0.39 is 15.9 Å². The summed E-state index contributed by atoms with van der Waals surface area (Å²) < 4.78 is 24.8. The van der Waals surface area contributed by atoms with Gasteiger partial charge in [-0.1, -0.05) is 60.7 Å². The number of amides is 1. The molecule has 0 saturated carbocycles. The Morgan fingerprint density at radius 2 is 1.56 bits per heavy atom. The van der Waals surface area contributed by atoms with Crippen LogP contribution in [0.5, 0.6) is 0 Å². The molecule has 6 nitrogen and oxygen atoms in total. The molecule has 1 saturated heterocycles. The molecule has 1 N–H and O–H groups in total. The van der Waals surface area contributed by atoms with E-state index in [0.717, 1.165) is 11.1 Å². The minimum absolute atomic E-state index is 0.100. The molecule has 1 aliphatic rings. The third kappa shape index (κ3) is 4.32. The Morgan fingerprint density at radius 3 is 2.04 bits per heavy atom. The smallest absolute Gasteiger partial charge is 0.255 e. The van der Waals surface area contributed by atoms with Crippen molar-refractivity contribution in [2.75, 3.05) is 18.8 Å². The van der Waals surface area contributed by atoms with Crippen molar-refractivity contribution in [3.8, 4) is 0 Å². The summed E-state index contributed by atoms with van der Waals surface area (Å²) in [6, 6.07) is 19.0. The Balaban J connectivity index is 1.78. The molecule has 2 aromatic carbocycles. The van der Waals surface area contributed by atoms with Crippen LogP contribution in [-0.4, -0.2) is 43.2 Å². The number of carbonyl (C=O) groups is 1. The van der Waals surface area contributed by atoms with Crippen LogP contribution in [0.2, 0.25) is 0 Å². The Bertz CT molecular complexity index is 823. The van der Waals surface area contributed by atoms with E-state index in [0.29, 0.717) is 18.7 Å². The van der Waals surface area contributed by atoms with Gasteiger partial charge in [-0.3, -0.25) is 4.79 Å². The number of rotatable bonds is 5. The molecular formula is C18H19N3O3S. The highest BCUT2D eigenvalue weighted by Gasteiger charge is 2.29. The SMILES string of the molecule is O=C(CN1CCCS1(=O)=O)NN=C(c1ccccc1)c1ccccc1. The Kier molecular flexibility index (Phi) is 5.25. The summed E-state index contributed by atoms with van der Waals surface area (Å²) in [5, 5.41) is 4.25. The monoisotopic (exact) mass is 357 g/mol. The van der Waals surface area contributed by atoms with Gasteiger partial charge in [-0.05, 0) is 6.42 Å². The fourth-order valence-corrected chi connectivity index (χ4v) is 4.14. The molecule has 1 amide bonds. The van der Waals surface area contributed by atoms with Crippen LogP contribution in [0.1, 0.15) is 17.5 Å². The van der Waals surface area contributed by atoms with Crippen molar-refractivity contribution in [1.82, 2.24) is 9.73 Å². The predicted molar refractivity (Wildman–Crippen MR) is 96.6 cm³/mol. The lowest BCUT2D eigenvalue weighted by Crippen LogP contribution is -2.36. The highest BCUT2D eigenvalue weighted by Crippen LogP contribution is 2.13. The number of sulfonamides is 1.